The van der Waals surface area contributed by atoms with Gasteiger partial charge in [0.2, 0.25) is 0 Å². The molecule has 0 saturated heterocycles. The van der Waals surface area contributed by atoms with Gasteiger partial charge in [-0.25, -0.2) is 4.68 Å². The van der Waals surface area contributed by atoms with Crippen molar-refractivity contribution in [2.24, 2.45) is 11.8 Å². The van der Waals surface area contributed by atoms with E-state index in [4.69, 9.17) is 10.6 Å². The molecule has 6 nitrogen and oxygen atoms in total. The van der Waals surface area contributed by atoms with Crippen molar-refractivity contribution in [3.8, 4) is 5.75 Å². The Labute approximate surface area is 124 Å². The lowest BCUT2D eigenvalue weighted by Gasteiger charge is -2.31. The van der Waals surface area contributed by atoms with Crippen LogP contribution in [0, 0.1) is 5.92 Å². The van der Waals surface area contributed by atoms with Crippen LogP contribution in [-0.4, -0.2) is 21.6 Å². The molecule has 112 valence electrons. The maximum Gasteiger partial charge on any atom is 0.122 e. The molecule has 1 aromatic carbocycles. The highest BCUT2D eigenvalue weighted by molar-refractivity contribution is 5.35. The van der Waals surface area contributed by atoms with E-state index in [1.165, 1.54) is 5.56 Å². The Kier molecular flexibility index (Phi) is 4.17. The molecule has 2 atom stereocenters. The number of aromatic nitrogens is 3. The Bertz CT molecular complexity index is 597. The van der Waals surface area contributed by atoms with Crippen molar-refractivity contribution in [3.05, 3.63) is 41.7 Å². The van der Waals surface area contributed by atoms with E-state index < -0.39 is 0 Å². The van der Waals surface area contributed by atoms with Gasteiger partial charge in [0.05, 0.1) is 24.5 Å². The first-order valence-electron chi connectivity index (χ1n) is 7.38. The number of para-hydroxylation sites is 1. The van der Waals surface area contributed by atoms with Gasteiger partial charge in [-0.1, -0.05) is 30.3 Å². The summed E-state index contributed by atoms with van der Waals surface area (Å²) in [7, 11) is 0. The number of hydrazine groups is 1. The molecule has 21 heavy (non-hydrogen) atoms. The average molecular weight is 287 g/mol. The van der Waals surface area contributed by atoms with Crippen LogP contribution in [0.25, 0.3) is 0 Å². The largest absolute Gasteiger partial charge is 0.493 e. The lowest BCUT2D eigenvalue weighted by molar-refractivity contribution is 0.180. The zero-order valence-corrected chi connectivity index (χ0v) is 12.2. The van der Waals surface area contributed by atoms with Crippen molar-refractivity contribution >= 4 is 0 Å². The van der Waals surface area contributed by atoms with Crippen LogP contribution in [0.4, 0.5) is 0 Å². The number of nitrogens with two attached hydrogens (primary N) is 1. The molecule has 0 saturated carbocycles. The first-order valence-corrected chi connectivity index (χ1v) is 7.38. The molecule has 1 aliphatic rings. The molecule has 0 amide bonds. The number of fused-ring (bicyclic) bond motifs is 1. The van der Waals surface area contributed by atoms with Crippen molar-refractivity contribution < 1.29 is 4.74 Å². The number of ether oxygens (including phenoxy) is 1. The Morgan fingerprint density at radius 2 is 2.33 bits per heavy atom. The molecule has 0 spiro atoms. The number of hydrogen-bond donors (Lipinski definition) is 2. The summed E-state index contributed by atoms with van der Waals surface area (Å²) in [6.45, 7) is 3.61. The third kappa shape index (κ3) is 2.77. The van der Waals surface area contributed by atoms with Gasteiger partial charge in [-0.05, 0) is 24.5 Å². The summed E-state index contributed by atoms with van der Waals surface area (Å²) < 4.78 is 7.79. The highest BCUT2D eigenvalue weighted by atomic mass is 16.5. The van der Waals surface area contributed by atoms with Gasteiger partial charge in [0.1, 0.15) is 5.75 Å². The summed E-state index contributed by atoms with van der Waals surface area (Å²) in [4.78, 5) is 0. The molecule has 2 aromatic rings. The van der Waals surface area contributed by atoms with Gasteiger partial charge >= 0.3 is 0 Å². The monoisotopic (exact) mass is 287 g/mol. The smallest absolute Gasteiger partial charge is 0.122 e. The summed E-state index contributed by atoms with van der Waals surface area (Å²) in [5.74, 6) is 7.04. The summed E-state index contributed by atoms with van der Waals surface area (Å²) in [5, 5.41) is 8.17. The average Bonchev–Trinajstić information content (AvgIpc) is 2.97. The van der Waals surface area contributed by atoms with Gasteiger partial charge in [0, 0.05) is 12.5 Å². The number of aryl methyl sites for hydroxylation is 1. The molecular weight excluding hydrogens is 266 g/mol. The second-order valence-corrected chi connectivity index (χ2v) is 5.41. The van der Waals surface area contributed by atoms with E-state index in [2.05, 4.69) is 28.7 Å². The maximum atomic E-state index is 5.87. The van der Waals surface area contributed by atoms with Crippen molar-refractivity contribution in [2.75, 3.05) is 6.61 Å². The van der Waals surface area contributed by atoms with E-state index >= 15 is 0 Å². The zero-order valence-electron chi connectivity index (χ0n) is 12.2. The molecule has 1 aromatic heterocycles. The molecule has 0 bridgehead atoms. The van der Waals surface area contributed by atoms with Crippen LogP contribution in [-0.2, 0) is 13.0 Å². The third-order valence-corrected chi connectivity index (χ3v) is 3.96. The summed E-state index contributed by atoms with van der Waals surface area (Å²) in [5.41, 5.74) is 5.17. The van der Waals surface area contributed by atoms with Crippen molar-refractivity contribution in [1.82, 2.24) is 20.4 Å². The number of benzene rings is 1. The predicted molar refractivity (Wildman–Crippen MR) is 79.5 cm³/mol. The van der Waals surface area contributed by atoms with Gasteiger partial charge in [0.15, 0.2) is 0 Å². The Hall–Kier alpha value is -1.92. The van der Waals surface area contributed by atoms with E-state index in [9.17, 15) is 0 Å². The fourth-order valence-electron chi connectivity index (χ4n) is 2.92. The van der Waals surface area contributed by atoms with Crippen LogP contribution in [0.5, 0.6) is 5.75 Å². The Morgan fingerprint density at radius 3 is 3.14 bits per heavy atom. The second kappa shape index (κ2) is 6.24. The Morgan fingerprint density at radius 1 is 1.48 bits per heavy atom. The van der Waals surface area contributed by atoms with E-state index in [1.54, 1.807) is 6.20 Å². The molecule has 3 rings (SSSR count). The Balaban J connectivity index is 1.83. The predicted octanol–water partition coefficient (Wildman–Crippen LogP) is 1.44. The molecule has 0 radical (unpaired) electrons. The van der Waals surface area contributed by atoms with Gasteiger partial charge in [0.25, 0.3) is 0 Å². The maximum absolute atomic E-state index is 5.87. The first kappa shape index (κ1) is 14.0. The minimum absolute atomic E-state index is 0.0140. The topological polar surface area (TPSA) is 78.0 Å². The minimum Gasteiger partial charge on any atom is -0.493 e. The molecule has 0 fully saturated rings. The zero-order chi connectivity index (χ0) is 14.7. The molecule has 2 unspecified atom stereocenters. The highest BCUT2D eigenvalue weighted by Gasteiger charge is 2.30. The van der Waals surface area contributed by atoms with Crippen LogP contribution in [0.2, 0.25) is 0 Å². The van der Waals surface area contributed by atoms with Crippen LogP contribution in [0.3, 0.4) is 0 Å². The minimum atomic E-state index is -0.0140. The van der Waals surface area contributed by atoms with E-state index in [1.807, 2.05) is 22.9 Å². The molecule has 6 heteroatoms. The second-order valence-electron chi connectivity index (χ2n) is 5.41. The number of hydrogen-bond acceptors (Lipinski definition) is 5. The summed E-state index contributed by atoms with van der Waals surface area (Å²) in [6, 6.07) is 8.15. The molecule has 1 aliphatic heterocycles. The van der Waals surface area contributed by atoms with E-state index in [0.717, 1.165) is 30.8 Å². The molecule has 0 aliphatic carbocycles. The van der Waals surface area contributed by atoms with Gasteiger partial charge in [-0.2, -0.15) is 0 Å². The van der Waals surface area contributed by atoms with Gasteiger partial charge in [-0.3, -0.25) is 11.3 Å². The van der Waals surface area contributed by atoms with E-state index in [-0.39, 0.29) is 12.0 Å². The number of rotatable bonds is 5. The molecule has 2 heterocycles. The summed E-state index contributed by atoms with van der Waals surface area (Å²) >= 11 is 0. The van der Waals surface area contributed by atoms with Crippen LogP contribution in [0.15, 0.2) is 30.5 Å². The summed E-state index contributed by atoms with van der Waals surface area (Å²) in [6.07, 6.45) is 3.74. The number of nitrogens with one attached hydrogen (secondary N) is 1. The van der Waals surface area contributed by atoms with Crippen molar-refractivity contribution in [1.29, 1.82) is 0 Å². The lowest BCUT2D eigenvalue weighted by atomic mass is 9.89. The highest BCUT2D eigenvalue weighted by Crippen LogP contribution is 2.33. The van der Waals surface area contributed by atoms with E-state index in [0.29, 0.717) is 6.61 Å². The quantitative estimate of drug-likeness (QED) is 0.643. The normalized spacial score (nSPS) is 18.9. The SMILES string of the molecule is CCCn1nncc1C(NN)C1COc2ccccc2C1. The van der Waals surface area contributed by atoms with Crippen LogP contribution < -0.4 is 16.0 Å². The van der Waals surface area contributed by atoms with Crippen LogP contribution >= 0.6 is 0 Å². The standard InChI is InChI=1S/C15H21N5O/c1-2-7-20-13(9-17-19-20)15(18-16)12-8-11-5-3-4-6-14(11)21-10-12/h3-6,9,12,15,18H,2,7-8,10,16H2,1H3. The molecule has 3 N–H and O–H groups in total. The fourth-order valence-corrected chi connectivity index (χ4v) is 2.92. The van der Waals surface area contributed by atoms with Gasteiger partial charge in [-0.15, -0.1) is 5.10 Å². The van der Waals surface area contributed by atoms with Gasteiger partial charge < -0.3 is 4.74 Å². The van der Waals surface area contributed by atoms with Crippen LogP contribution in [0.1, 0.15) is 30.6 Å². The van der Waals surface area contributed by atoms with Crippen molar-refractivity contribution in [3.63, 3.8) is 0 Å². The first-order chi connectivity index (χ1) is 10.3. The lowest BCUT2D eigenvalue weighted by Crippen LogP contribution is -2.39. The molecular formula is C15H21N5O. The third-order valence-electron chi connectivity index (χ3n) is 3.96. The fraction of sp³-hybridized carbons (Fsp3) is 0.467. The van der Waals surface area contributed by atoms with Crippen molar-refractivity contribution in [2.45, 2.75) is 32.4 Å². The number of nitrogens with zero attached hydrogens (tertiary/aromatic N) is 3.